The molecule has 0 bridgehead atoms. The van der Waals surface area contributed by atoms with Crippen LogP contribution in [0.15, 0.2) is 35.7 Å². The molecule has 0 amide bonds. The van der Waals surface area contributed by atoms with Crippen LogP contribution in [-0.4, -0.2) is 12.0 Å². The molecule has 3 N–H and O–H groups in total. The first kappa shape index (κ1) is 11.1. The molecule has 16 heavy (non-hydrogen) atoms. The van der Waals surface area contributed by atoms with Crippen LogP contribution in [0.1, 0.15) is 17.3 Å². The number of nitrogens with two attached hydrogens (primary N) is 1. The highest BCUT2D eigenvalue weighted by Crippen LogP contribution is 2.20. The minimum Gasteiger partial charge on any atom is -0.375 e. The monoisotopic (exact) mass is 233 g/mol. The number of nitrogens with one attached hydrogen (secondary N) is 1. The fourth-order valence-electron chi connectivity index (χ4n) is 1.70. The number of hydrogen-bond acceptors (Lipinski definition) is 4. The summed E-state index contributed by atoms with van der Waals surface area (Å²) in [7, 11) is 1.97. The molecule has 2 aromatic rings. The molecule has 0 radical (unpaired) electrons. The third kappa shape index (κ3) is 2.59. The van der Waals surface area contributed by atoms with Crippen molar-refractivity contribution < 1.29 is 0 Å². The normalized spacial score (nSPS) is 12.6. The Bertz CT molecular complexity index is 439. The second-order valence-electron chi connectivity index (χ2n) is 3.63. The Balaban J connectivity index is 2.12. The number of anilines is 1. The highest BCUT2D eigenvalue weighted by molar-refractivity contribution is 7.13. The van der Waals surface area contributed by atoms with Gasteiger partial charge >= 0.3 is 0 Å². The lowest BCUT2D eigenvalue weighted by Crippen LogP contribution is -2.18. The van der Waals surface area contributed by atoms with Gasteiger partial charge in [0.1, 0.15) is 0 Å². The highest BCUT2D eigenvalue weighted by Gasteiger charge is 2.11. The lowest BCUT2D eigenvalue weighted by Gasteiger charge is -2.15. The van der Waals surface area contributed by atoms with E-state index in [1.807, 2.05) is 18.5 Å². The minimum atomic E-state index is 0.294. The molecule has 2 rings (SSSR count). The topological polar surface area (TPSA) is 50.9 Å². The van der Waals surface area contributed by atoms with Crippen molar-refractivity contribution >= 4 is 16.5 Å². The second kappa shape index (κ2) is 5.09. The van der Waals surface area contributed by atoms with E-state index in [-0.39, 0.29) is 0 Å². The van der Waals surface area contributed by atoms with Gasteiger partial charge in [-0.2, -0.15) is 0 Å². The number of benzene rings is 1. The smallest absolute Gasteiger partial charge is 0.180 e. The van der Waals surface area contributed by atoms with Gasteiger partial charge in [-0.1, -0.05) is 30.3 Å². The molecule has 0 spiro atoms. The van der Waals surface area contributed by atoms with Crippen LogP contribution in [0, 0.1) is 0 Å². The Morgan fingerprint density at radius 2 is 2.12 bits per heavy atom. The predicted molar refractivity (Wildman–Crippen MR) is 68.5 cm³/mol. The van der Waals surface area contributed by atoms with Gasteiger partial charge in [0.05, 0.1) is 5.69 Å². The van der Waals surface area contributed by atoms with E-state index in [0.29, 0.717) is 11.2 Å². The van der Waals surface area contributed by atoms with Crippen LogP contribution in [0.4, 0.5) is 5.13 Å². The maximum absolute atomic E-state index is 5.62. The van der Waals surface area contributed by atoms with Gasteiger partial charge in [0.15, 0.2) is 5.13 Å². The highest BCUT2D eigenvalue weighted by atomic mass is 32.1. The van der Waals surface area contributed by atoms with Gasteiger partial charge in [-0.05, 0) is 12.6 Å². The van der Waals surface area contributed by atoms with Gasteiger partial charge in [-0.3, -0.25) is 0 Å². The number of aromatic nitrogens is 1. The van der Waals surface area contributed by atoms with Crippen LogP contribution >= 0.6 is 11.3 Å². The van der Waals surface area contributed by atoms with Crippen molar-refractivity contribution in [2.24, 2.45) is 0 Å². The number of nitrogens with zero attached hydrogens (tertiary/aromatic N) is 1. The summed E-state index contributed by atoms with van der Waals surface area (Å²) in [4.78, 5) is 4.28. The van der Waals surface area contributed by atoms with Gasteiger partial charge in [0.2, 0.25) is 0 Å². The zero-order valence-corrected chi connectivity index (χ0v) is 10.00. The second-order valence-corrected chi connectivity index (χ2v) is 4.52. The Morgan fingerprint density at radius 1 is 1.38 bits per heavy atom. The first-order valence-corrected chi connectivity index (χ1v) is 6.09. The van der Waals surface area contributed by atoms with Crippen LogP contribution in [0.2, 0.25) is 0 Å². The van der Waals surface area contributed by atoms with Crippen LogP contribution in [0.25, 0.3) is 0 Å². The molecule has 1 atom stereocenters. The molecule has 4 heteroatoms. The zero-order chi connectivity index (χ0) is 11.4. The standard InChI is InChI=1S/C12H15N3S/c1-14-11(9-5-3-2-4-6-9)7-10-8-16-12(13)15-10/h2-6,8,11,14H,7H2,1H3,(H2,13,15). The fraction of sp³-hybridized carbons (Fsp3) is 0.250. The molecule has 0 fully saturated rings. The molecule has 1 unspecified atom stereocenters. The average molecular weight is 233 g/mol. The van der Waals surface area contributed by atoms with Crippen LogP contribution in [0.5, 0.6) is 0 Å². The zero-order valence-electron chi connectivity index (χ0n) is 9.18. The van der Waals surface area contributed by atoms with Gasteiger partial charge in [0, 0.05) is 17.8 Å². The molecule has 0 aliphatic carbocycles. The van der Waals surface area contributed by atoms with E-state index in [1.54, 1.807) is 0 Å². The van der Waals surface area contributed by atoms with E-state index in [1.165, 1.54) is 16.9 Å². The molecule has 1 aromatic heterocycles. The van der Waals surface area contributed by atoms with E-state index in [2.05, 4.69) is 34.6 Å². The van der Waals surface area contributed by atoms with Gasteiger partial charge in [-0.25, -0.2) is 4.98 Å². The summed E-state index contributed by atoms with van der Waals surface area (Å²) in [5.74, 6) is 0. The van der Waals surface area contributed by atoms with Crippen molar-refractivity contribution in [3.8, 4) is 0 Å². The van der Waals surface area contributed by atoms with Crippen molar-refractivity contribution in [1.82, 2.24) is 10.3 Å². The molecule has 0 aliphatic heterocycles. The molecule has 0 saturated carbocycles. The Kier molecular flexibility index (Phi) is 3.54. The molecular formula is C12H15N3S. The summed E-state index contributed by atoms with van der Waals surface area (Å²) >= 11 is 1.49. The molecule has 0 saturated heterocycles. The lowest BCUT2D eigenvalue weighted by molar-refractivity contribution is 0.586. The van der Waals surface area contributed by atoms with Crippen molar-refractivity contribution in [2.45, 2.75) is 12.5 Å². The maximum atomic E-state index is 5.62. The number of nitrogen functional groups attached to an aromatic ring is 1. The molecule has 3 nitrogen and oxygen atoms in total. The third-order valence-electron chi connectivity index (χ3n) is 2.53. The van der Waals surface area contributed by atoms with Crippen LogP contribution in [-0.2, 0) is 6.42 Å². The summed E-state index contributed by atoms with van der Waals surface area (Å²) in [5, 5.41) is 5.95. The molecule has 1 aromatic carbocycles. The minimum absolute atomic E-state index is 0.294. The Hall–Kier alpha value is -1.39. The first-order chi connectivity index (χ1) is 7.79. The molecule has 1 heterocycles. The predicted octanol–water partition coefficient (Wildman–Crippen LogP) is 2.23. The molecule has 0 aliphatic rings. The molecular weight excluding hydrogens is 218 g/mol. The largest absolute Gasteiger partial charge is 0.375 e. The van der Waals surface area contributed by atoms with E-state index in [4.69, 9.17) is 5.73 Å². The number of thiazole rings is 1. The summed E-state index contributed by atoms with van der Waals surface area (Å²) in [6, 6.07) is 10.7. The van der Waals surface area contributed by atoms with E-state index in [9.17, 15) is 0 Å². The number of hydrogen-bond donors (Lipinski definition) is 2. The van der Waals surface area contributed by atoms with Crippen molar-refractivity contribution in [3.05, 3.63) is 47.0 Å². The maximum Gasteiger partial charge on any atom is 0.180 e. The van der Waals surface area contributed by atoms with Gasteiger partial charge in [0.25, 0.3) is 0 Å². The first-order valence-electron chi connectivity index (χ1n) is 5.21. The van der Waals surface area contributed by atoms with Gasteiger partial charge < -0.3 is 11.1 Å². The number of likely N-dealkylation sites (N-methyl/N-ethyl adjacent to an activating group) is 1. The SMILES string of the molecule is CNC(Cc1csc(N)n1)c1ccccc1. The average Bonchev–Trinajstić information content (AvgIpc) is 2.73. The van der Waals surface area contributed by atoms with Crippen molar-refractivity contribution in [1.29, 1.82) is 0 Å². The van der Waals surface area contributed by atoms with E-state index < -0.39 is 0 Å². The van der Waals surface area contributed by atoms with Crippen LogP contribution in [0.3, 0.4) is 0 Å². The van der Waals surface area contributed by atoms with Gasteiger partial charge in [-0.15, -0.1) is 11.3 Å². The van der Waals surface area contributed by atoms with E-state index >= 15 is 0 Å². The summed E-state index contributed by atoms with van der Waals surface area (Å²) in [5.41, 5.74) is 7.94. The van der Waals surface area contributed by atoms with E-state index in [0.717, 1.165) is 12.1 Å². The number of rotatable bonds is 4. The fourth-order valence-corrected chi connectivity index (χ4v) is 2.27. The summed E-state index contributed by atoms with van der Waals surface area (Å²) < 4.78 is 0. The van der Waals surface area contributed by atoms with Crippen molar-refractivity contribution in [2.75, 3.05) is 12.8 Å². The Morgan fingerprint density at radius 3 is 2.69 bits per heavy atom. The summed E-state index contributed by atoms with van der Waals surface area (Å²) in [6.07, 6.45) is 0.869. The van der Waals surface area contributed by atoms with Crippen LogP contribution < -0.4 is 11.1 Å². The Labute approximate surface area is 99.3 Å². The third-order valence-corrected chi connectivity index (χ3v) is 3.26. The van der Waals surface area contributed by atoms with Crippen molar-refractivity contribution in [3.63, 3.8) is 0 Å². The quantitative estimate of drug-likeness (QED) is 0.851. The lowest BCUT2D eigenvalue weighted by atomic mass is 10.0. The molecule has 84 valence electrons. The summed E-state index contributed by atoms with van der Waals surface area (Å²) in [6.45, 7) is 0.